The summed E-state index contributed by atoms with van der Waals surface area (Å²) in [6.45, 7) is 5.10. The first kappa shape index (κ1) is 28.5. The van der Waals surface area contributed by atoms with E-state index in [2.05, 4.69) is 13.8 Å². The Morgan fingerprint density at radius 2 is 0.968 bits per heavy atom. The molecule has 0 N–H and O–H groups in total. The van der Waals surface area contributed by atoms with Gasteiger partial charge in [0.2, 0.25) is 0 Å². The van der Waals surface area contributed by atoms with Crippen LogP contribution in [0.1, 0.15) is 155 Å². The van der Waals surface area contributed by atoms with Gasteiger partial charge in [-0.1, -0.05) is 142 Å². The maximum absolute atomic E-state index is 12.0. The van der Waals surface area contributed by atoms with Crippen molar-refractivity contribution in [1.29, 1.82) is 0 Å². The number of carbonyl (C=O) groups excluding carboxylic acids is 1. The average Bonchev–Trinajstić information content (AvgIpc) is 3.55. The van der Waals surface area contributed by atoms with Crippen LogP contribution >= 0.6 is 0 Å². The van der Waals surface area contributed by atoms with Crippen LogP contribution in [-0.2, 0) is 14.3 Å². The Morgan fingerprint density at radius 3 is 1.42 bits per heavy atom. The van der Waals surface area contributed by atoms with Crippen molar-refractivity contribution in [3.05, 3.63) is 0 Å². The number of epoxide rings is 1. The highest BCUT2D eigenvalue weighted by Crippen LogP contribution is 2.29. The van der Waals surface area contributed by atoms with E-state index in [0.717, 1.165) is 12.8 Å². The molecule has 0 radical (unpaired) electrons. The topological polar surface area (TPSA) is 38.8 Å². The number of rotatable bonds is 24. The molecular weight excluding hydrogens is 384 g/mol. The molecule has 184 valence electrons. The summed E-state index contributed by atoms with van der Waals surface area (Å²) in [4.78, 5) is 12.0. The lowest BCUT2D eigenvalue weighted by molar-refractivity contribution is -0.145. The molecule has 0 aromatic heterocycles. The molecule has 0 saturated carbocycles. The lowest BCUT2D eigenvalue weighted by atomic mass is 10.0. The normalized spacial score (nSPS) is 17.7. The van der Waals surface area contributed by atoms with E-state index < -0.39 is 0 Å². The Bertz CT molecular complexity index is 396. The van der Waals surface area contributed by atoms with E-state index in [-0.39, 0.29) is 18.2 Å². The molecule has 2 unspecified atom stereocenters. The van der Waals surface area contributed by atoms with Gasteiger partial charge in [-0.2, -0.15) is 0 Å². The van der Waals surface area contributed by atoms with Crippen LogP contribution in [0, 0.1) is 0 Å². The molecule has 1 aliphatic rings. The Balaban J connectivity index is 1.77. The molecule has 0 bridgehead atoms. The van der Waals surface area contributed by atoms with E-state index in [9.17, 15) is 4.79 Å². The van der Waals surface area contributed by atoms with Crippen molar-refractivity contribution in [2.24, 2.45) is 0 Å². The maximum Gasteiger partial charge on any atom is 0.338 e. The lowest BCUT2D eigenvalue weighted by Crippen LogP contribution is -2.14. The minimum Gasteiger partial charge on any atom is -0.464 e. The molecule has 1 heterocycles. The SMILES string of the molecule is CCCCCCCCCCCCCCCC1OC1C(=O)OCCCCCCCCCC. The summed E-state index contributed by atoms with van der Waals surface area (Å²) >= 11 is 0. The first-order valence-corrected chi connectivity index (χ1v) is 14.1. The number of hydrogen-bond acceptors (Lipinski definition) is 3. The molecule has 1 fully saturated rings. The van der Waals surface area contributed by atoms with Crippen molar-refractivity contribution in [2.45, 2.75) is 167 Å². The lowest BCUT2D eigenvalue weighted by Gasteiger charge is -2.04. The van der Waals surface area contributed by atoms with Crippen molar-refractivity contribution in [3.8, 4) is 0 Å². The van der Waals surface area contributed by atoms with Crippen LogP contribution in [-0.4, -0.2) is 24.8 Å². The van der Waals surface area contributed by atoms with Crippen molar-refractivity contribution < 1.29 is 14.3 Å². The molecule has 0 amide bonds. The molecule has 3 nitrogen and oxygen atoms in total. The van der Waals surface area contributed by atoms with Gasteiger partial charge < -0.3 is 9.47 Å². The Hall–Kier alpha value is -0.570. The first-order valence-electron chi connectivity index (χ1n) is 14.1. The van der Waals surface area contributed by atoms with Crippen LogP contribution in [0.3, 0.4) is 0 Å². The van der Waals surface area contributed by atoms with E-state index in [0.29, 0.717) is 6.61 Å². The third-order valence-electron chi connectivity index (χ3n) is 6.65. The molecule has 3 heteroatoms. The van der Waals surface area contributed by atoms with Crippen LogP contribution < -0.4 is 0 Å². The van der Waals surface area contributed by atoms with Gasteiger partial charge in [0.15, 0.2) is 6.10 Å². The van der Waals surface area contributed by atoms with Crippen LogP contribution in [0.25, 0.3) is 0 Å². The molecular formula is C28H54O3. The van der Waals surface area contributed by atoms with Crippen LogP contribution in [0.2, 0.25) is 0 Å². The van der Waals surface area contributed by atoms with Gasteiger partial charge >= 0.3 is 5.97 Å². The van der Waals surface area contributed by atoms with Gasteiger partial charge in [-0.25, -0.2) is 4.79 Å². The number of esters is 1. The zero-order valence-electron chi connectivity index (χ0n) is 21.1. The predicted octanol–water partition coefficient (Wildman–Crippen LogP) is 8.92. The zero-order chi connectivity index (χ0) is 22.4. The van der Waals surface area contributed by atoms with Crippen molar-refractivity contribution in [2.75, 3.05) is 6.61 Å². The Morgan fingerprint density at radius 1 is 0.581 bits per heavy atom. The molecule has 31 heavy (non-hydrogen) atoms. The number of unbranched alkanes of at least 4 members (excludes halogenated alkanes) is 19. The van der Waals surface area contributed by atoms with Crippen molar-refractivity contribution in [3.63, 3.8) is 0 Å². The summed E-state index contributed by atoms with van der Waals surface area (Å²) in [5.74, 6) is -0.123. The molecule has 0 spiro atoms. The number of ether oxygens (including phenoxy) is 2. The summed E-state index contributed by atoms with van der Waals surface area (Å²) in [6.07, 6.45) is 28.9. The number of hydrogen-bond donors (Lipinski definition) is 0. The highest BCUT2D eigenvalue weighted by atomic mass is 16.6. The van der Waals surface area contributed by atoms with E-state index >= 15 is 0 Å². The van der Waals surface area contributed by atoms with Crippen molar-refractivity contribution in [1.82, 2.24) is 0 Å². The first-order chi connectivity index (χ1) is 15.3. The summed E-state index contributed by atoms with van der Waals surface area (Å²) in [5.41, 5.74) is 0. The monoisotopic (exact) mass is 438 g/mol. The average molecular weight is 439 g/mol. The van der Waals surface area contributed by atoms with E-state index in [1.54, 1.807) is 0 Å². The molecule has 1 rings (SSSR count). The van der Waals surface area contributed by atoms with Crippen LogP contribution in [0.15, 0.2) is 0 Å². The van der Waals surface area contributed by atoms with E-state index in [1.807, 2.05) is 0 Å². The Labute approximate surface area is 194 Å². The zero-order valence-corrected chi connectivity index (χ0v) is 21.1. The van der Waals surface area contributed by atoms with Crippen LogP contribution in [0.5, 0.6) is 0 Å². The summed E-state index contributed by atoms with van der Waals surface area (Å²) in [7, 11) is 0. The van der Waals surface area contributed by atoms with Gasteiger partial charge in [0.05, 0.1) is 12.7 Å². The minimum absolute atomic E-state index is 0.123. The fourth-order valence-corrected chi connectivity index (χ4v) is 4.42. The second-order valence-corrected chi connectivity index (χ2v) is 9.77. The highest BCUT2D eigenvalue weighted by molar-refractivity contribution is 5.77. The standard InChI is InChI=1S/C28H54O3/c1-3-5-7-9-11-13-14-15-16-17-18-20-22-24-26-27(31-26)28(29)30-25-23-21-19-12-10-8-6-4-2/h26-27H,3-25H2,1-2H3. The Kier molecular flexibility index (Phi) is 19.5. The molecule has 1 saturated heterocycles. The van der Waals surface area contributed by atoms with E-state index in [4.69, 9.17) is 9.47 Å². The molecule has 2 atom stereocenters. The van der Waals surface area contributed by atoms with Crippen LogP contribution in [0.4, 0.5) is 0 Å². The quantitative estimate of drug-likeness (QED) is 0.0857. The van der Waals surface area contributed by atoms with E-state index in [1.165, 1.54) is 128 Å². The predicted molar refractivity (Wildman–Crippen MR) is 133 cm³/mol. The second-order valence-electron chi connectivity index (χ2n) is 9.77. The number of carbonyl (C=O) groups is 1. The summed E-state index contributed by atoms with van der Waals surface area (Å²) in [5, 5.41) is 0. The largest absolute Gasteiger partial charge is 0.464 e. The molecule has 1 aliphatic heterocycles. The minimum atomic E-state index is -0.258. The molecule has 0 aliphatic carbocycles. The molecule has 0 aromatic carbocycles. The third kappa shape index (κ3) is 17.6. The summed E-state index contributed by atoms with van der Waals surface area (Å²) < 4.78 is 10.9. The second kappa shape index (κ2) is 21.3. The van der Waals surface area contributed by atoms with Gasteiger partial charge in [0, 0.05) is 0 Å². The fourth-order valence-electron chi connectivity index (χ4n) is 4.42. The van der Waals surface area contributed by atoms with Gasteiger partial charge in [-0.05, 0) is 12.8 Å². The van der Waals surface area contributed by atoms with Gasteiger partial charge in [-0.15, -0.1) is 0 Å². The maximum atomic E-state index is 12.0. The van der Waals surface area contributed by atoms with Crippen molar-refractivity contribution >= 4 is 5.97 Å². The smallest absolute Gasteiger partial charge is 0.338 e. The summed E-state index contributed by atoms with van der Waals surface area (Å²) in [6, 6.07) is 0. The highest BCUT2D eigenvalue weighted by Gasteiger charge is 2.45. The fraction of sp³-hybridized carbons (Fsp3) is 0.964. The third-order valence-corrected chi connectivity index (χ3v) is 6.65. The van der Waals surface area contributed by atoms with Gasteiger partial charge in [0.25, 0.3) is 0 Å². The van der Waals surface area contributed by atoms with Gasteiger partial charge in [0.1, 0.15) is 0 Å². The molecule has 0 aromatic rings. The van der Waals surface area contributed by atoms with Gasteiger partial charge in [-0.3, -0.25) is 0 Å².